The van der Waals surface area contributed by atoms with Gasteiger partial charge in [0, 0.05) is 59.8 Å². The average Bonchev–Trinajstić information content (AvgIpc) is 3.00. The monoisotopic (exact) mass is 581 g/mol. The molecule has 214 valence electrons. The number of nitrogens with zero attached hydrogens (tertiary/aromatic N) is 5. The summed E-state index contributed by atoms with van der Waals surface area (Å²) in [7, 11) is 5.68. The number of hydrogen-bond donors (Lipinski definition) is 2. The highest BCUT2D eigenvalue weighted by Crippen LogP contribution is 2.32. The summed E-state index contributed by atoms with van der Waals surface area (Å²) in [5.41, 5.74) is 5.43. The van der Waals surface area contributed by atoms with Crippen LogP contribution in [-0.2, 0) is 13.0 Å². The van der Waals surface area contributed by atoms with E-state index < -0.39 is 0 Å². The highest BCUT2D eigenvalue weighted by molar-refractivity contribution is 6.33. The van der Waals surface area contributed by atoms with Crippen LogP contribution in [0.2, 0.25) is 5.02 Å². The molecule has 0 saturated carbocycles. The maximum absolute atomic E-state index is 13.7. The van der Waals surface area contributed by atoms with Crippen molar-refractivity contribution < 1.29 is 4.79 Å². The lowest BCUT2D eigenvalue weighted by atomic mass is 10.0. The van der Waals surface area contributed by atoms with E-state index in [2.05, 4.69) is 56.7 Å². The van der Waals surface area contributed by atoms with Crippen LogP contribution in [0.3, 0.4) is 0 Å². The Bertz CT molecular complexity index is 1820. The number of likely N-dealkylation sites (N-methyl/N-ethyl adjacent to an activating group) is 1. The number of benzene rings is 2. The molecule has 5 aromatic rings. The number of aryl methyl sites for hydroxylation is 1. The molecule has 0 spiro atoms. The number of aromatic nitrogens is 4. The minimum atomic E-state index is -0.273. The van der Waals surface area contributed by atoms with Crippen LogP contribution in [0.5, 0.6) is 0 Å². The number of carbonyl (C=O) groups excluding carboxylic acids is 1. The third-order valence-electron chi connectivity index (χ3n) is 7.01. The Hall–Kier alpha value is -4.60. The molecule has 5 rings (SSSR count). The first kappa shape index (κ1) is 28.9. The lowest BCUT2D eigenvalue weighted by Crippen LogP contribution is -2.22. The minimum absolute atomic E-state index is 0.194. The first-order valence-corrected chi connectivity index (χ1v) is 14.0. The highest BCUT2D eigenvalue weighted by atomic mass is 35.5. The number of hydrogen-bond acceptors (Lipinski definition) is 7. The fourth-order valence-electron chi connectivity index (χ4n) is 4.72. The predicted octanol–water partition coefficient (Wildman–Crippen LogP) is 5.40. The van der Waals surface area contributed by atoms with Crippen molar-refractivity contribution in [3.8, 4) is 22.3 Å². The molecule has 1 amide bonds. The maximum Gasteiger partial charge on any atom is 0.269 e. The molecule has 3 heterocycles. The summed E-state index contributed by atoms with van der Waals surface area (Å²) >= 11 is 6.74. The van der Waals surface area contributed by atoms with Crippen LogP contribution in [0.25, 0.3) is 33.3 Å². The van der Waals surface area contributed by atoms with Gasteiger partial charge in [-0.25, -0.2) is 4.98 Å². The van der Waals surface area contributed by atoms with Gasteiger partial charge in [0.1, 0.15) is 11.3 Å². The number of anilines is 2. The molecule has 2 aromatic carbocycles. The number of pyridine rings is 2. The Kier molecular flexibility index (Phi) is 8.61. The predicted molar refractivity (Wildman–Crippen MR) is 169 cm³/mol. The number of halogens is 1. The van der Waals surface area contributed by atoms with E-state index in [1.807, 2.05) is 31.2 Å². The molecule has 0 aliphatic rings. The second kappa shape index (κ2) is 12.5. The van der Waals surface area contributed by atoms with E-state index in [0.29, 0.717) is 40.0 Å². The highest BCUT2D eigenvalue weighted by Gasteiger charge is 2.16. The smallest absolute Gasteiger partial charge is 0.269 e. The zero-order valence-electron chi connectivity index (χ0n) is 24.0. The molecule has 0 atom stereocenters. The number of amides is 1. The Morgan fingerprint density at radius 2 is 1.74 bits per heavy atom. The molecule has 0 saturated heterocycles. The molecule has 42 heavy (non-hydrogen) atoms. The number of fused-ring (bicyclic) bond motifs is 1. The topological polar surface area (TPSA) is 105 Å². The third kappa shape index (κ3) is 6.17. The molecule has 0 radical (unpaired) electrons. The summed E-state index contributed by atoms with van der Waals surface area (Å²) in [6, 6.07) is 19.0. The van der Waals surface area contributed by atoms with Gasteiger partial charge in [0.2, 0.25) is 5.95 Å². The molecule has 0 aliphatic carbocycles. The van der Waals surface area contributed by atoms with Crippen molar-refractivity contribution in [1.82, 2.24) is 29.7 Å². The minimum Gasteiger partial charge on any atom is -0.354 e. The van der Waals surface area contributed by atoms with Crippen molar-refractivity contribution >= 4 is 40.2 Å². The number of nitrogens with one attached hydrogen (secondary N) is 2. The van der Waals surface area contributed by atoms with Crippen LogP contribution in [-0.4, -0.2) is 58.0 Å². The van der Waals surface area contributed by atoms with Gasteiger partial charge < -0.3 is 15.5 Å². The Morgan fingerprint density at radius 1 is 0.976 bits per heavy atom. The fourth-order valence-corrected chi connectivity index (χ4v) is 5.00. The summed E-state index contributed by atoms with van der Waals surface area (Å²) in [6.07, 6.45) is 4.26. The number of rotatable bonds is 9. The normalized spacial score (nSPS) is 11.2. The SMILES string of the molecule is CCn1c(=O)c(-c2ccc(-c3ccnc(C(=O)NC)c3)cc2Cl)cc2cnc(Nc3ccc(CCN(C)C)cc3)nc21. The van der Waals surface area contributed by atoms with Gasteiger partial charge >= 0.3 is 0 Å². The average molecular weight is 582 g/mol. The van der Waals surface area contributed by atoms with Gasteiger partial charge in [-0.15, -0.1) is 0 Å². The van der Waals surface area contributed by atoms with Crippen molar-refractivity contribution in [2.24, 2.45) is 0 Å². The van der Waals surface area contributed by atoms with E-state index >= 15 is 0 Å². The van der Waals surface area contributed by atoms with Crippen LogP contribution >= 0.6 is 11.6 Å². The van der Waals surface area contributed by atoms with Gasteiger partial charge in [0.15, 0.2) is 0 Å². The Balaban J connectivity index is 1.45. The van der Waals surface area contributed by atoms with Crippen molar-refractivity contribution in [3.05, 3.63) is 99.7 Å². The molecule has 3 aromatic heterocycles. The molecule has 0 aliphatic heterocycles. The van der Waals surface area contributed by atoms with E-state index in [4.69, 9.17) is 11.6 Å². The second-order valence-electron chi connectivity index (χ2n) is 10.2. The lowest BCUT2D eigenvalue weighted by molar-refractivity contribution is 0.0958. The fraction of sp³-hybridized carbons (Fsp3) is 0.219. The molecule has 2 N–H and O–H groups in total. The van der Waals surface area contributed by atoms with Crippen LogP contribution in [0, 0.1) is 0 Å². The van der Waals surface area contributed by atoms with E-state index in [1.165, 1.54) is 5.56 Å². The summed E-state index contributed by atoms with van der Waals surface area (Å²) in [6.45, 7) is 3.32. The van der Waals surface area contributed by atoms with Gasteiger partial charge in [0.05, 0.1) is 0 Å². The number of carbonyl (C=O) groups is 1. The molecule has 0 bridgehead atoms. The summed E-state index contributed by atoms with van der Waals surface area (Å²) in [4.78, 5) is 41.2. The van der Waals surface area contributed by atoms with Crippen molar-refractivity contribution in [3.63, 3.8) is 0 Å². The van der Waals surface area contributed by atoms with E-state index in [9.17, 15) is 9.59 Å². The summed E-state index contributed by atoms with van der Waals surface area (Å²) in [5, 5.41) is 6.97. The molecular formula is C32H32ClN7O2. The van der Waals surface area contributed by atoms with Gasteiger partial charge in [-0.3, -0.25) is 19.1 Å². The van der Waals surface area contributed by atoms with Gasteiger partial charge in [-0.2, -0.15) is 4.98 Å². The zero-order valence-corrected chi connectivity index (χ0v) is 24.7. The largest absolute Gasteiger partial charge is 0.354 e. The van der Waals surface area contributed by atoms with Crippen LogP contribution in [0.4, 0.5) is 11.6 Å². The standard InChI is InChI=1S/C32H32ClN7O2/c1-5-40-29-23(19-36-32(38-29)37-24-9-6-20(7-10-24)13-15-39(3)4)16-26(31(40)42)25-11-8-21(17-27(25)33)22-12-14-35-28(18-22)30(41)34-2/h6-12,14,16-19H,5,13,15H2,1-4H3,(H,34,41)(H,36,37,38). The van der Waals surface area contributed by atoms with Crippen molar-refractivity contribution in [2.45, 2.75) is 19.9 Å². The van der Waals surface area contributed by atoms with Crippen molar-refractivity contribution in [2.75, 3.05) is 33.0 Å². The molecule has 9 nitrogen and oxygen atoms in total. The summed E-state index contributed by atoms with van der Waals surface area (Å²) in [5.74, 6) is 0.138. The van der Waals surface area contributed by atoms with Gasteiger partial charge in [0.25, 0.3) is 11.5 Å². The third-order valence-corrected chi connectivity index (χ3v) is 7.33. The Labute approximate surface area is 249 Å². The van der Waals surface area contributed by atoms with Crippen molar-refractivity contribution in [1.29, 1.82) is 0 Å². The molecule has 10 heteroatoms. The zero-order chi connectivity index (χ0) is 29.8. The van der Waals surface area contributed by atoms with Crippen LogP contribution in [0.15, 0.2) is 77.9 Å². The first-order valence-electron chi connectivity index (χ1n) is 13.7. The van der Waals surface area contributed by atoms with Gasteiger partial charge in [-0.05, 0) is 80.5 Å². The quantitative estimate of drug-likeness (QED) is 0.240. The van der Waals surface area contributed by atoms with E-state index in [-0.39, 0.29) is 11.5 Å². The summed E-state index contributed by atoms with van der Waals surface area (Å²) < 4.78 is 1.63. The van der Waals surface area contributed by atoms with Crippen LogP contribution < -0.4 is 16.2 Å². The van der Waals surface area contributed by atoms with Gasteiger partial charge in [-0.1, -0.05) is 35.9 Å². The lowest BCUT2D eigenvalue weighted by Gasteiger charge is -2.14. The molecule has 0 unspecified atom stereocenters. The second-order valence-corrected chi connectivity index (χ2v) is 10.6. The van der Waals surface area contributed by atoms with Crippen LogP contribution in [0.1, 0.15) is 23.0 Å². The first-order chi connectivity index (χ1) is 20.3. The maximum atomic E-state index is 13.7. The molecular weight excluding hydrogens is 550 g/mol. The molecule has 0 fully saturated rings. The Morgan fingerprint density at radius 3 is 2.43 bits per heavy atom. The van der Waals surface area contributed by atoms with E-state index in [0.717, 1.165) is 35.2 Å². The van der Waals surface area contributed by atoms with E-state index in [1.54, 1.807) is 48.3 Å².